The van der Waals surface area contributed by atoms with Crippen LogP contribution in [0.2, 0.25) is 0 Å². The van der Waals surface area contributed by atoms with Crippen LogP contribution in [0.3, 0.4) is 0 Å². The molecular formula is C8H13N2O. The first-order valence-corrected chi connectivity index (χ1v) is 3.69. The van der Waals surface area contributed by atoms with Crippen LogP contribution >= 0.6 is 0 Å². The molecule has 3 heteroatoms. The molecule has 0 aliphatic rings. The van der Waals surface area contributed by atoms with Crippen molar-refractivity contribution in [1.82, 2.24) is 9.78 Å². The molecule has 0 atom stereocenters. The van der Waals surface area contributed by atoms with Gasteiger partial charge in [0.05, 0.1) is 11.8 Å². The molecule has 0 fully saturated rings. The highest BCUT2D eigenvalue weighted by Crippen LogP contribution is 2.07. The van der Waals surface area contributed by atoms with Gasteiger partial charge in [-0.1, -0.05) is 0 Å². The number of nitrogens with zero attached hydrogens (tertiary/aromatic N) is 2. The van der Waals surface area contributed by atoms with Crippen molar-refractivity contribution in [2.75, 3.05) is 0 Å². The predicted molar refractivity (Wildman–Crippen MR) is 42.0 cm³/mol. The molecule has 0 saturated heterocycles. The van der Waals surface area contributed by atoms with Crippen molar-refractivity contribution in [3.63, 3.8) is 0 Å². The van der Waals surface area contributed by atoms with Gasteiger partial charge in [0, 0.05) is 18.8 Å². The van der Waals surface area contributed by atoms with Gasteiger partial charge in [-0.05, 0) is 20.3 Å². The van der Waals surface area contributed by atoms with E-state index in [0.29, 0.717) is 6.42 Å². The van der Waals surface area contributed by atoms with Crippen LogP contribution in [0.4, 0.5) is 0 Å². The lowest BCUT2D eigenvalue weighted by Gasteiger charge is -2.16. The van der Waals surface area contributed by atoms with Gasteiger partial charge >= 0.3 is 0 Å². The summed E-state index contributed by atoms with van der Waals surface area (Å²) in [6.07, 6.45) is 4.10. The SMILES string of the molecule is CC(C)(O)CCn1c[c]cn1. The van der Waals surface area contributed by atoms with Gasteiger partial charge in [0.2, 0.25) is 0 Å². The van der Waals surface area contributed by atoms with E-state index in [4.69, 9.17) is 0 Å². The standard InChI is InChI=1S/C8H13N2O/c1-8(2,11)4-7-10-6-3-5-9-10/h5-6,11H,4,7H2,1-2H3. The first kappa shape index (κ1) is 8.27. The van der Waals surface area contributed by atoms with Crippen LogP contribution in [0.15, 0.2) is 12.4 Å². The van der Waals surface area contributed by atoms with Crippen molar-refractivity contribution in [2.45, 2.75) is 32.4 Å². The van der Waals surface area contributed by atoms with Crippen LogP contribution in [0.5, 0.6) is 0 Å². The van der Waals surface area contributed by atoms with Gasteiger partial charge < -0.3 is 5.11 Å². The van der Waals surface area contributed by atoms with Crippen molar-refractivity contribution >= 4 is 0 Å². The quantitative estimate of drug-likeness (QED) is 0.699. The molecule has 0 aliphatic heterocycles. The van der Waals surface area contributed by atoms with Crippen molar-refractivity contribution in [3.8, 4) is 0 Å². The highest BCUT2D eigenvalue weighted by molar-refractivity contribution is 4.75. The Morgan fingerprint density at radius 1 is 1.64 bits per heavy atom. The fourth-order valence-electron chi connectivity index (χ4n) is 0.771. The van der Waals surface area contributed by atoms with E-state index < -0.39 is 5.60 Å². The van der Waals surface area contributed by atoms with Crippen molar-refractivity contribution < 1.29 is 5.11 Å². The molecule has 0 saturated carbocycles. The largest absolute Gasteiger partial charge is 0.390 e. The second kappa shape index (κ2) is 3.05. The number of aryl methyl sites for hydroxylation is 1. The lowest BCUT2D eigenvalue weighted by molar-refractivity contribution is 0.0651. The van der Waals surface area contributed by atoms with Gasteiger partial charge in [0.25, 0.3) is 0 Å². The molecule has 3 nitrogen and oxygen atoms in total. The van der Waals surface area contributed by atoms with Crippen LogP contribution in [0.25, 0.3) is 0 Å². The number of hydrogen-bond acceptors (Lipinski definition) is 2. The third-order valence-corrected chi connectivity index (χ3v) is 1.46. The average Bonchev–Trinajstić information content (AvgIpc) is 2.32. The average molecular weight is 153 g/mol. The zero-order valence-electron chi connectivity index (χ0n) is 6.91. The number of rotatable bonds is 3. The summed E-state index contributed by atoms with van der Waals surface area (Å²) in [5.41, 5.74) is -0.605. The van der Waals surface area contributed by atoms with Crippen LogP contribution in [-0.4, -0.2) is 20.5 Å². The number of hydrogen-bond donors (Lipinski definition) is 1. The lowest BCUT2D eigenvalue weighted by atomic mass is 10.1. The minimum absolute atomic E-state index is 0.605. The van der Waals surface area contributed by atoms with Crippen LogP contribution in [0.1, 0.15) is 20.3 Å². The molecule has 0 bridgehead atoms. The smallest absolute Gasteiger partial charge is 0.0609 e. The minimum Gasteiger partial charge on any atom is -0.390 e. The second-order valence-electron chi connectivity index (χ2n) is 3.27. The van der Waals surface area contributed by atoms with Gasteiger partial charge in [-0.3, -0.25) is 4.68 Å². The summed E-state index contributed by atoms with van der Waals surface area (Å²) in [5.74, 6) is 0. The van der Waals surface area contributed by atoms with E-state index in [0.717, 1.165) is 6.54 Å². The Morgan fingerprint density at radius 3 is 2.82 bits per heavy atom. The molecule has 61 valence electrons. The third kappa shape index (κ3) is 3.18. The van der Waals surface area contributed by atoms with Crippen LogP contribution in [-0.2, 0) is 6.54 Å². The Kier molecular flexibility index (Phi) is 2.29. The van der Waals surface area contributed by atoms with Crippen LogP contribution < -0.4 is 0 Å². The lowest BCUT2D eigenvalue weighted by Crippen LogP contribution is -2.21. The molecule has 0 aromatic carbocycles. The van der Waals surface area contributed by atoms with E-state index in [1.165, 1.54) is 0 Å². The molecule has 1 aromatic heterocycles. The maximum atomic E-state index is 9.37. The Morgan fingerprint density at radius 2 is 2.36 bits per heavy atom. The minimum atomic E-state index is -0.605. The maximum Gasteiger partial charge on any atom is 0.0609 e. The summed E-state index contributed by atoms with van der Waals surface area (Å²) in [7, 11) is 0. The Labute approximate surface area is 66.7 Å². The number of aromatic nitrogens is 2. The Bertz CT molecular complexity index is 198. The fourth-order valence-corrected chi connectivity index (χ4v) is 0.771. The second-order valence-corrected chi connectivity index (χ2v) is 3.27. The van der Waals surface area contributed by atoms with Gasteiger partial charge in [0.15, 0.2) is 0 Å². The van der Waals surface area contributed by atoms with E-state index in [1.54, 1.807) is 30.9 Å². The molecule has 1 heterocycles. The monoisotopic (exact) mass is 153 g/mol. The van der Waals surface area contributed by atoms with Gasteiger partial charge in [-0.25, -0.2) is 0 Å². The predicted octanol–water partition coefficient (Wildman–Crippen LogP) is 0.844. The summed E-state index contributed by atoms with van der Waals surface area (Å²) in [6, 6.07) is 2.84. The van der Waals surface area contributed by atoms with Crippen molar-refractivity contribution in [3.05, 3.63) is 18.5 Å². The van der Waals surface area contributed by atoms with Gasteiger partial charge in [-0.2, -0.15) is 5.10 Å². The highest BCUT2D eigenvalue weighted by Gasteiger charge is 2.11. The molecule has 1 N–H and O–H groups in total. The van der Waals surface area contributed by atoms with Crippen molar-refractivity contribution in [1.29, 1.82) is 0 Å². The van der Waals surface area contributed by atoms with Crippen LogP contribution in [0, 0.1) is 6.07 Å². The Balaban J connectivity index is 2.35. The Hall–Kier alpha value is -0.830. The zero-order valence-corrected chi connectivity index (χ0v) is 6.91. The molecule has 0 aliphatic carbocycles. The molecule has 0 unspecified atom stereocenters. The van der Waals surface area contributed by atoms with E-state index in [9.17, 15) is 5.11 Å². The highest BCUT2D eigenvalue weighted by atomic mass is 16.3. The summed E-state index contributed by atoms with van der Waals surface area (Å²) < 4.78 is 1.76. The summed E-state index contributed by atoms with van der Waals surface area (Å²) in [5, 5.41) is 13.3. The molecule has 11 heavy (non-hydrogen) atoms. The van der Waals surface area contributed by atoms with E-state index >= 15 is 0 Å². The third-order valence-electron chi connectivity index (χ3n) is 1.46. The van der Waals surface area contributed by atoms with E-state index in [1.807, 2.05) is 0 Å². The first-order chi connectivity index (χ1) is 5.08. The summed E-state index contributed by atoms with van der Waals surface area (Å²) in [4.78, 5) is 0. The molecule has 1 aromatic rings. The van der Waals surface area contributed by atoms with E-state index in [2.05, 4.69) is 11.2 Å². The molecule has 1 rings (SSSR count). The fraction of sp³-hybridized carbons (Fsp3) is 0.625. The summed E-state index contributed by atoms with van der Waals surface area (Å²) >= 11 is 0. The number of aliphatic hydroxyl groups is 1. The van der Waals surface area contributed by atoms with Crippen molar-refractivity contribution in [2.24, 2.45) is 0 Å². The molecular weight excluding hydrogens is 140 g/mol. The molecule has 0 spiro atoms. The topological polar surface area (TPSA) is 38.0 Å². The first-order valence-electron chi connectivity index (χ1n) is 3.69. The molecule has 0 amide bonds. The zero-order chi connectivity index (χ0) is 8.32. The maximum absolute atomic E-state index is 9.37. The van der Waals surface area contributed by atoms with Gasteiger partial charge in [-0.15, -0.1) is 0 Å². The summed E-state index contributed by atoms with van der Waals surface area (Å²) in [6.45, 7) is 4.33. The van der Waals surface area contributed by atoms with E-state index in [-0.39, 0.29) is 0 Å². The normalized spacial score (nSPS) is 11.9. The van der Waals surface area contributed by atoms with Gasteiger partial charge in [0.1, 0.15) is 0 Å². The molecule has 1 radical (unpaired) electrons.